The van der Waals surface area contributed by atoms with E-state index in [1.54, 1.807) is 24.3 Å². The van der Waals surface area contributed by atoms with Crippen LogP contribution in [0.1, 0.15) is 63.0 Å². The van der Waals surface area contributed by atoms with E-state index in [4.69, 9.17) is 11.5 Å². The molecule has 1 aromatic heterocycles. The predicted molar refractivity (Wildman–Crippen MR) is 134 cm³/mol. The largest absolute Gasteiger partial charge is 0.508 e. The summed E-state index contributed by atoms with van der Waals surface area (Å²) in [5.74, 6) is -1.73. The fraction of sp³-hybridized carbons (Fsp3) is 0.280. The average molecular weight is 494 g/mol. The van der Waals surface area contributed by atoms with Crippen LogP contribution < -0.4 is 21.7 Å². The monoisotopic (exact) mass is 493 g/mol. The Hall–Kier alpha value is -3.92. The quantitative estimate of drug-likeness (QED) is 0.396. The fourth-order valence-corrected chi connectivity index (χ4v) is 5.10. The first-order valence-electron chi connectivity index (χ1n) is 11.3. The number of nitrogens with zero attached hydrogens (tertiary/aromatic N) is 2. The van der Waals surface area contributed by atoms with Gasteiger partial charge >= 0.3 is 0 Å². The van der Waals surface area contributed by atoms with Crippen molar-refractivity contribution in [2.24, 2.45) is 5.73 Å². The fourth-order valence-electron chi connectivity index (χ4n) is 4.36. The van der Waals surface area contributed by atoms with Crippen molar-refractivity contribution in [2.75, 3.05) is 10.6 Å². The van der Waals surface area contributed by atoms with Crippen LogP contribution in [0.5, 0.6) is 5.75 Å². The van der Waals surface area contributed by atoms with Crippen LogP contribution in [-0.2, 0) is 4.79 Å². The summed E-state index contributed by atoms with van der Waals surface area (Å²) >= 11 is 0.762. The maximum absolute atomic E-state index is 14.0. The molecule has 182 valence electrons. The van der Waals surface area contributed by atoms with Crippen molar-refractivity contribution < 1.29 is 19.5 Å². The Kier molecular flexibility index (Phi) is 7.02. The molecule has 0 unspecified atom stereocenters. The Bertz CT molecular complexity index is 1250. The molecular weight excluding hydrogens is 466 g/mol. The van der Waals surface area contributed by atoms with Crippen molar-refractivity contribution in [1.29, 1.82) is 0 Å². The Morgan fingerprint density at radius 1 is 1.11 bits per heavy atom. The summed E-state index contributed by atoms with van der Waals surface area (Å²) in [4.78, 5) is 40.9. The second-order valence-electron chi connectivity index (χ2n) is 8.58. The van der Waals surface area contributed by atoms with Crippen LogP contribution in [0.25, 0.3) is 0 Å². The van der Waals surface area contributed by atoms with Crippen LogP contribution >= 0.6 is 11.5 Å². The van der Waals surface area contributed by atoms with Crippen LogP contribution in [0.3, 0.4) is 0 Å². The minimum absolute atomic E-state index is 0.0134. The second-order valence-corrected chi connectivity index (χ2v) is 9.36. The van der Waals surface area contributed by atoms with E-state index >= 15 is 0 Å². The topological polar surface area (TPSA) is 152 Å². The van der Waals surface area contributed by atoms with Gasteiger partial charge in [0.15, 0.2) is 5.69 Å². The van der Waals surface area contributed by atoms with Crippen molar-refractivity contribution in [3.8, 4) is 5.75 Å². The van der Waals surface area contributed by atoms with Crippen molar-refractivity contribution in [3.63, 3.8) is 0 Å². The number of hydrogen-bond acceptors (Lipinski definition) is 7. The van der Waals surface area contributed by atoms with Crippen LogP contribution in [0.15, 0.2) is 48.5 Å². The van der Waals surface area contributed by atoms with E-state index in [-0.39, 0.29) is 34.0 Å². The lowest BCUT2D eigenvalue weighted by molar-refractivity contribution is -0.123. The molecule has 4 rings (SSSR count). The lowest BCUT2D eigenvalue weighted by Gasteiger charge is -2.33. The highest BCUT2D eigenvalue weighted by Crippen LogP contribution is 2.35. The first-order valence-corrected chi connectivity index (χ1v) is 12.1. The SMILES string of the molecule is Cc1ccccc1N(C(=O)c1snc(C(N)=O)c1N)[C@H](C(=O)NC1CCCC1)c1ccc(O)cc1. The van der Waals surface area contributed by atoms with E-state index in [1.165, 1.54) is 17.0 Å². The first-order chi connectivity index (χ1) is 16.8. The number of nitrogen functional groups attached to an aromatic ring is 1. The number of para-hydroxylation sites is 1. The molecule has 35 heavy (non-hydrogen) atoms. The van der Waals surface area contributed by atoms with Gasteiger partial charge in [0.2, 0.25) is 5.91 Å². The van der Waals surface area contributed by atoms with E-state index in [0.717, 1.165) is 42.8 Å². The molecule has 0 spiro atoms. The summed E-state index contributed by atoms with van der Waals surface area (Å²) in [5, 5.41) is 12.9. The smallest absolute Gasteiger partial charge is 0.273 e. The second kappa shape index (κ2) is 10.1. The third kappa shape index (κ3) is 4.97. The number of primary amides is 1. The molecule has 1 fully saturated rings. The molecule has 1 aliphatic carbocycles. The highest BCUT2D eigenvalue weighted by molar-refractivity contribution is 7.09. The average Bonchev–Trinajstić information content (AvgIpc) is 3.48. The summed E-state index contributed by atoms with van der Waals surface area (Å²) < 4.78 is 3.97. The first kappa shape index (κ1) is 24.2. The van der Waals surface area contributed by atoms with Gasteiger partial charge < -0.3 is 21.9 Å². The highest BCUT2D eigenvalue weighted by Gasteiger charge is 2.37. The molecule has 10 heteroatoms. The third-order valence-corrected chi connectivity index (χ3v) is 7.02. The normalized spacial score (nSPS) is 14.4. The number of aryl methyl sites for hydroxylation is 1. The Labute approximate surface area is 206 Å². The molecule has 0 aliphatic heterocycles. The van der Waals surface area contributed by atoms with Gasteiger partial charge in [-0.15, -0.1) is 0 Å². The number of rotatable bonds is 7. The standard InChI is InChI=1S/C25H27N5O4S/c1-14-6-2-5-9-18(14)30(25(34)22-19(26)20(23(27)32)29-35-22)21(15-10-12-17(31)13-11-15)24(33)28-16-7-3-4-8-16/h2,5-6,9-13,16,21,31H,3-4,7-8,26H2,1H3,(H2,27,32)(H,28,33)/t21-/m0/s1. The van der Waals surface area contributed by atoms with E-state index < -0.39 is 17.9 Å². The number of nitrogens with one attached hydrogen (secondary N) is 1. The van der Waals surface area contributed by atoms with Crippen molar-refractivity contribution in [2.45, 2.75) is 44.7 Å². The number of amides is 3. The number of anilines is 2. The van der Waals surface area contributed by atoms with Gasteiger partial charge in [0.05, 0.1) is 5.69 Å². The summed E-state index contributed by atoms with van der Waals surface area (Å²) in [5.41, 5.74) is 12.9. The number of hydrogen-bond donors (Lipinski definition) is 4. The molecule has 3 amide bonds. The highest BCUT2D eigenvalue weighted by atomic mass is 32.1. The lowest BCUT2D eigenvalue weighted by atomic mass is 10.0. The van der Waals surface area contributed by atoms with Gasteiger partial charge in [-0.2, -0.15) is 4.37 Å². The molecule has 1 saturated carbocycles. The molecule has 1 heterocycles. The summed E-state index contributed by atoms with van der Waals surface area (Å²) in [7, 11) is 0. The van der Waals surface area contributed by atoms with Crippen molar-refractivity contribution in [1.82, 2.24) is 9.69 Å². The van der Waals surface area contributed by atoms with Gasteiger partial charge in [-0.1, -0.05) is 43.2 Å². The number of phenols is 1. The predicted octanol–water partition coefficient (Wildman–Crippen LogP) is 3.29. The maximum atomic E-state index is 14.0. The van der Waals surface area contributed by atoms with Crippen LogP contribution in [-0.4, -0.2) is 33.2 Å². The molecule has 0 saturated heterocycles. The molecule has 0 bridgehead atoms. The lowest BCUT2D eigenvalue weighted by Crippen LogP contribution is -2.46. The molecule has 0 radical (unpaired) electrons. The molecule has 9 nitrogen and oxygen atoms in total. The number of aromatic nitrogens is 1. The van der Waals surface area contributed by atoms with Gasteiger partial charge in [-0.3, -0.25) is 19.3 Å². The molecule has 6 N–H and O–H groups in total. The van der Waals surface area contributed by atoms with Gasteiger partial charge in [0.1, 0.15) is 16.7 Å². The van der Waals surface area contributed by atoms with Gasteiger partial charge in [-0.05, 0) is 60.6 Å². The van der Waals surface area contributed by atoms with Gasteiger partial charge in [0.25, 0.3) is 11.8 Å². The van der Waals surface area contributed by atoms with Gasteiger partial charge in [-0.25, -0.2) is 0 Å². The number of benzene rings is 2. The molecule has 1 atom stereocenters. The maximum Gasteiger partial charge on any atom is 0.273 e. The van der Waals surface area contributed by atoms with Crippen LogP contribution in [0.2, 0.25) is 0 Å². The van der Waals surface area contributed by atoms with E-state index in [1.807, 2.05) is 19.1 Å². The van der Waals surface area contributed by atoms with Crippen molar-refractivity contribution >= 4 is 40.6 Å². The van der Waals surface area contributed by atoms with Gasteiger partial charge in [0, 0.05) is 11.7 Å². The number of phenolic OH excluding ortho intramolecular Hbond substituents is 1. The number of aromatic hydroxyl groups is 1. The minimum Gasteiger partial charge on any atom is -0.508 e. The summed E-state index contributed by atoms with van der Waals surface area (Å²) in [6, 6.07) is 12.3. The van der Waals surface area contributed by atoms with E-state index in [2.05, 4.69) is 9.69 Å². The Morgan fingerprint density at radius 2 is 1.77 bits per heavy atom. The number of carbonyl (C=O) groups excluding carboxylic acids is 3. The van der Waals surface area contributed by atoms with E-state index in [9.17, 15) is 19.5 Å². The summed E-state index contributed by atoms with van der Waals surface area (Å²) in [6.45, 7) is 1.84. The Morgan fingerprint density at radius 3 is 2.37 bits per heavy atom. The number of carbonyl (C=O) groups is 3. The molecule has 2 aromatic carbocycles. The Balaban J connectivity index is 1.86. The summed E-state index contributed by atoms with van der Waals surface area (Å²) in [6.07, 6.45) is 3.80. The third-order valence-electron chi connectivity index (χ3n) is 6.17. The van der Waals surface area contributed by atoms with E-state index in [0.29, 0.717) is 11.3 Å². The zero-order valence-electron chi connectivity index (χ0n) is 19.2. The zero-order valence-corrected chi connectivity index (χ0v) is 20.0. The van der Waals surface area contributed by atoms with Crippen LogP contribution in [0.4, 0.5) is 11.4 Å². The van der Waals surface area contributed by atoms with Crippen molar-refractivity contribution in [3.05, 3.63) is 70.2 Å². The molecule has 1 aliphatic rings. The number of nitrogens with two attached hydrogens (primary N) is 2. The minimum atomic E-state index is -1.07. The van der Waals surface area contributed by atoms with Crippen LogP contribution in [0, 0.1) is 6.92 Å². The molecular formula is C25H27N5O4S. The zero-order chi connectivity index (χ0) is 25.1. The molecule has 3 aromatic rings.